The molecule has 1 fully saturated rings. The van der Waals surface area contributed by atoms with Crippen LogP contribution in [0.25, 0.3) is 0 Å². The Balaban J connectivity index is 1.63. The van der Waals surface area contributed by atoms with Gasteiger partial charge in [-0.05, 0) is 30.5 Å². The number of benzene rings is 1. The highest BCUT2D eigenvalue weighted by Crippen LogP contribution is 2.30. The van der Waals surface area contributed by atoms with Crippen LogP contribution in [0.15, 0.2) is 18.2 Å². The lowest BCUT2D eigenvalue weighted by molar-refractivity contribution is 0.297. The van der Waals surface area contributed by atoms with Gasteiger partial charge in [-0.1, -0.05) is 12.5 Å². The Bertz CT molecular complexity index is 436. The topological polar surface area (TPSA) is 56.5 Å². The van der Waals surface area contributed by atoms with Gasteiger partial charge in [0.15, 0.2) is 11.5 Å². The third kappa shape index (κ3) is 3.01. The van der Waals surface area contributed by atoms with Gasteiger partial charge in [-0.15, -0.1) is 0 Å². The van der Waals surface area contributed by atoms with Crippen molar-refractivity contribution >= 4 is 0 Å². The van der Waals surface area contributed by atoms with Crippen LogP contribution in [0.3, 0.4) is 0 Å². The highest BCUT2D eigenvalue weighted by Gasteiger charge is 2.23. The summed E-state index contributed by atoms with van der Waals surface area (Å²) in [5.74, 6) is 1.73. The van der Waals surface area contributed by atoms with Crippen molar-refractivity contribution in [2.75, 3.05) is 13.2 Å². The zero-order chi connectivity index (χ0) is 13.1. The summed E-state index contributed by atoms with van der Waals surface area (Å²) in [6, 6.07) is 6.94. The molecule has 1 heterocycles. The fraction of sp³-hybridized carbons (Fsp3) is 0.600. The molecule has 1 saturated carbocycles. The smallest absolute Gasteiger partial charge is 0.161 e. The van der Waals surface area contributed by atoms with Crippen molar-refractivity contribution in [2.24, 2.45) is 5.73 Å². The van der Waals surface area contributed by atoms with Gasteiger partial charge in [-0.25, -0.2) is 0 Å². The molecule has 0 saturated heterocycles. The van der Waals surface area contributed by atoms with Gasteiger partial charge in [0.25, 0.3) is 0 Å². The second-order valence-corrected chi connectivity index (χ2v) is 5.41. The average Bonchev–Trinajstić information content (AvgIpc) is 2.70. The van der Waals surface area contributed by atoms with E-state index in [1.165, 1.54) is 18.4 Å². The van der Waals surface area contributed by atoms with E-state index in [2.05, 4.69) is 17.4 Å². The summed E-state index contributed by atoms with van der Waals surface area (Å²) in [5.41, 5.74) is 7.29. The predicted octanol–water partition coefficient (Wildman–Crippen LogP) is 1.82. The Morgan fingerprint density at radius 3 is 2.74 bits per heavy atom. The van der Waals surface area contributed by atoms with E-state index in [9.17, 15) is 0 Å². The molecule has 1 aliphatic heterocycles. The lowest BCUT2D eigenvalue weighted by Gasteiger charge is -2.17. The van der Waals surface area contributed by atoms with Crippen LogP contribution in [-0.4, -0.2) is 25.3 Å². The van der Waals surface area contributed by atoms with Crippen molar-refractivity contribution in [1.29, 1.82) is 0 Å². The minimum absolute atomic E-state index is 0.306. The summed E-state index contributed by atoms with van der Waals surface area (Å²) in [4.78, 5) is 0. The second-order valence-electron chi connectivity index (χ2n) is 5.41. The molecule has 2 unspecified atom stereocenters. The highest BCUT2D eigenvalue weighted by atomic mass is 16.5. The Hall–Kier alpha value is -1.26. The van der Waals surface area contributed by atoms with E-state index in [4.69, 9.17) is 15.2 Å². The van der Waals surface area contributed by atoms with E-state index in [0.717, 1.165) is 44.1 Å². The van der Waals surface area contributed by atoms with Crippen LogP contribution in [-0.2, 0) is 6.54 Å². The van der Waals surface area contributed by atoms with E-state index in [1.54, 1.807) is 0 Å². The third-order valence-electron chi connectivity index (χ3n) is 3.95. The number of hydrogen-bond acceptors (Lipinski definition) is 4. The van der Waals surface area contributed by atoms with E-state index in [1.807, 2.05) is 6.07 Å². The SMILES string of the molecule is NC1CCCC1NCc1ccc2c(c1)OCCCO2. The number of nitrogens with two attached hydrogens (primary N) is 1. The number of ether oxygens (including phenoxy) is 2. The van der Waals surface area contributed by atoms with Crippen LogP contribution in [0.2, 0.25) is 0 Å². The molecule has 19 heavy (non-hydrogen) atoms. The normalized spacial score (nSPS) is 26.2. The van der Waals surface area contributed by atoms with Crippen LogP contribution in [0.1, 0.15) is 31.2 Å². The summed E-state index contributed by atoms with van der Waals surface area (Å²) in [5, 5.41) is 3.55. The van der Waals surface area contributed by atoms with Gasteiger partial charge in [0.2, 0.25) is 0 Å². The van der Waals surface area contributed by atoms with Crippen molar-refractivity contribution in [3.8, 4) is 11.5 Å². The van der Waals surface area contributed by atoms with E-state index in [-0.39, 0.29) is 0 Å². The molecular weight excluding hydrogens is 240 g/mol. The molecule has 104 valence electrons. The first-order chi connectivity index (χ1) is 9.33. The molecule has 0 spiro atoms. The number of fused-ring (bicyclic) bond motifs is 1. The van der Waals surface area contributed by atoms with Gasteiger partial charge in [-0.2, -0.15) is 0 Å². The van der Waals surface area contributed by atoms with Crippen molar-refractivity contribution in [3.05, 3.63) is 23.8 Å². The van der Waals surface area contributed by atoms with Crippen molar-refractivity contribution in [3.63, 3.8) is 0 Å². The zero-order valence-electron chi connectivity index (χ0n) is 11.2. The van der Waals surface area contributed by atoms with Gasteiger partial charge < -0.3 is 20.5 Å². The third-order valence-corrected chi connectivity index (χ3v) is 3.95. The highest BCUT2D eigenvalue weighted by molar-refractivity contribution is 5.43. The van der Waals surface area contributed by atoms with Crippen molar-refractivity contribution in [1.82, 2.24) is 5.32 Å². The first-order valence-corrected chi connectivity index (χ1v) is 7.20. The summed E-state index contributed by atoms with van der Waals surface area (Å²) in [6.07, 6.45) is 4.50. The summed E-state index contributed by atoms with van der Waals surface area (Å²) in [7, 11) is 0. The molecule has 2 aliphatic rings. The van der Waals surface area contributed by atoms with Gasteiger partial charge in [0, 0.05) is 25.0 Å². The molecule has 3 N–H and O–H groups in total. The van der Waals surface area contributed by atoms with Crippen molar-refractivity contribution in [2.45, 2.75) is 44.3 Å². The fourth-order valence-electron chi connectivity index (χ4n) is 2.81. The summed E-state index contributed by atoms with van der Waals surface area (Å²) >= 11 is 0. The molecular formula is C15H22N2O2. The molecule has 1 aromatic rings. The number of rotatable bonds is 3. The van der Waals surface area contributed by atoms with Crippen LogP contribution in [0.4, 0.5) is 0 Å². The Morgan fingerprint density at radius 2 is 1.95 bits per heavy atom. The zero-order valence-corrected chi connectivity index (χ0v) is 11.2. The molecule has 1 aliphatic carbocycles. The number of nitrogens with one attached hydrogen (secondary N) is 1. The Labute approximate surface area is 114 Å². The van der Waals surface area contributed by atoms with E-state index < -0.39 is 0 Å². The van der Waals surface area contributed by atoms with E-state index in [0.29, 0.717) is 12.1 Å². The molecule has 0 radical (unpaired) electrons. The summed E-state index contributed by atoms with van der Waals surface area (Å²) in [6.45, 7) is 2.31. The molecule has 0 amide bonds. The Kier molecular flexibility index (Phi) is 3.89. The minimum Gasteiger partial charge on any atom is -0.490 e. The first kappa shape index (κ1) is 12.8. The Morgan fingerprint density at radius 1 is 1.11 bits per heavy atom. The molecule has 0 bridgehead atoms. The van der Waals surface area contributed by atoms with Crippen LogP contribution in [0.5, 0.6) is 11.5 Å². The maximum Gasteiger partial charge on any atom is 0.161 e. The average molecular weight is 262 g/mol. The van der Waals surface area contributed by atoms with Gasteiger partial charge >= 0.3 is 0 Å². The molecule has 2 atom stereocenters. The van der Waals surface area contributed by atoms with Gasteiger partial charge in [0.1, 0.15) is 0 Å². The predicted molar refractivity (Wildman–Crippen MR) is 74.5 cm³/mol. The number of hydrogen-bond donors (Lipinski definition) is 2. The minimum atomic E-state index is 0.306. The summed E-state index contributed by atoms with van der Waals surface area (Å²) < 4.78 is 11.3. The van der Waals surface area contributed by atoms with Gasteiger partial charge in [-0.3, -0.25) is 0 Å². The maximum absolute atomic E-state index is 6.07. The molecule has 1 aromatic carbocycles. The second kappa shape index (κ2) is 5.80. The first-order valence-electron chi connectivity index (χ1n) is 7.20. The largest absolute Gasteiger partial charge is 0.490 e. The lowest BCUT2D eigenvalue weighted by Crippen LogP contribution is -2.40. The maximum atomic E-state index is 6.07. The molecule has 4 nitrogen and oxygen atoms in total. The monoisotopic (exact) mass is 262 g/mol. The van der Waals surface area contributed by atoms with Gasteiger partial charge in [0.05, 0.1) is 13.2 Å². The van der Waals surface area contributed by atoms with Crippen LogP contribution < -0.4 is 20.5 Å². The van der Waals surface area contributed by atoms with E-state index >= 15 is 0 Å². The standard InChI is InChI=1S/C15H22N2O2/c16-12-3-1-4-13(12)17-10-11-5-6-14-15(9-11)19-8-2-7-18-14/h5-6,9,12-13,17H,1-4,7-8,10,16H2. The van der Waals surface area contributed by atoms with Crippen LogP contribution in [0, 0.1) is 0 Å². The fourth-order valence-corrected chi connectivity index (χ4v) is 2.81. The molecule has 0 aromatic heterocycles. The van der Waals surface area contributed by atoms with Crippen LogP contribution >= 0.6 is 0 Å². The van der Waals surface area contributed by atoms with Crippen molar-refractivity contribution < 1.29 is 9.47 Å². The molecule has 4 heteroatoms. The molecule has 3 rings (SSSR count). The quantitative estimate of drug-likeness (QED) is 0.872. The lowest BCUT2D eigenvalue weighted by atomic mass is 10.1.